The molecule has 5 heteroatoms. The van der Waals surface area contributed by atoms with Crippen molar-refractivity contribution in [3.63, 3.8) is 0 Å². The molecule has 1 spiro atoms. The Bertz CT molecular complexity index is 721. The van der Waals surface area contributed by atoms with Crippen LogP contribution in [0.2, 0.25) is 0 Å². The van der Waals surface area contributed by atoms with Crippen molar-refractivity contribution >= 4 is 5.91 Å². The van der Waals surface area contributed by atoms with E-state index in [2.05, 4.69) is 20.9 Å². The number of carbonyl (C=O) groups excluding carboxylic acids is 1. The Labute approximate surface area is 148 Å². The van der Waals surface area contributed by atoms with Gasteiger partial charge in [0.1, 0.15) is 0 Å². The SMILES string of the molecule is O=C(c1cccnc1)N1CCC[C@@]2(CCN(Cc3cccnc3)C2)C1. The monoisotopic (exact) mass is 336 g/mol. The number of aromatic nitrogens is 2. The van der Waals surface area contributed by atoms with Gasteiger partial charge in [-0.2, -0.15) is 0 Å². The van der Waals surface area contributed by atoms with Crippen LogP contribution < -0.4 is 0 Å². The second kappa shape index (κ2) is 6.92. The van der Waals surface area contributed by atoms with Gasteiger partial charge in [-0.15, -0.1) is 0 Å². The molecule has 0 unspecified atom stereocenters. The molecule has 25 heavy (non-hydrogen) atoms. The molecular weight excluding hydrogens is 312 g/mol. The highest BCUT2D eigenvalue weighted by molar-refractivity contribution is 5.94. The minimum Gasteiger partial charge on any atom is -0.338 e. The van der Waals surface area contributed by atoms with Gasteiger partial charge in [-0.05, 0) is 49.6 Å². The van der Waals surface area contributed by atoms with Gasteiger partial charge in [0.15, 0.2) is 0 Å². The summed E-state index contributed by atoms with van der Waals surface area (Å²) in [6.07, 6.45) is 10.6. The van der Waals surface area contributed by atoms with Crippen LogP contribution in [0.4, 0.5) is 0 Å². The number of pyridine rings is 2. The molecule has 1 amide bonds. The van der Waals surface area contributed by atoms with Crippen molar-refractivity contribution in [1.29, 1.82) is 0 Å². The Morgan fingerprint density at radius 2 is 1.88 bits per heavy atom. The summed E-state index contributed by atoms with van der Waals surface area (Å²) in [5, 5.41) is 0. The van der Waals surface area contributed by atoms with Crippen LogP contribution in [0.1, 0.15) is 35.2 Å². The van der Waals surface area contributed by atoms with Gasteiger partial charge >= 0.3 is 0 Å². The van der Waals surface area contributed by atoms with Crippen molar-refractivity contribution in [2.75, 3.05) is 26.2 Å². The number of amides is 1. The fourth-order valence-electron chi connectivity index (χ4n) is 4.30. The molecule has 1 atom stereocenters. The zero-order valence-electron chi connectivity index (χ0n) is 14.5. The van der Waals surface area contributed by atoms with Crippen molar-refractivity contribution in [3.05, 3.63) is 60.2 Å². The molecule has 0 saturated carbocycles. The summed E-state index contributed by atoms with van der Waals surface area (Å²) < 4.78 is 0. The molecule has 130 valence electrons. The van der Waals surface area contributed by atoms with E-state index in [0.29, 0.717) is 5.56 Å². The minimum absolute atomic E-state index is 0.123. The topological polar surface area (TPSA) is 49.3 Å². The molecule has 2 aliphatic heterocycles. The quantitative estimate of drug-likeness (QED) is 0.864. The van der Waals surface area contributed by atoms with Gasteiger partial charge in [0.25, 0.3) is 5.91 Å². The van der Waals surface area contributed by atoms with E-state index in [1.54, 1.807) is 12.4 Å². The summed E-state index contributed by atoms with van der Waals surface area (Å²) in [6, 6.07) is 7.82. The van der Waals surface area contributed by atoms with Crippen LogP contribution in [0.25, 0.3) is 0 Å². The van der Waals surface area contributed by atoms with Crippen LogP contribution >= 0.6 is 0 Å². The smallest absolute Gasteiger partial charge is 0.255 e. The molecule has 4 heterocycles. The first-order valence-electron chi connectivity index (χ1n) is 9.05. The predicted molar refractivity (Wildman–Crippen MR) is 95.9 cm³/mol. The van der Waals surface area contributed by atoms with Gasteiger partial charge < -0.3 is 4.90 Å². The van der Waals surface area contributed by atoms with Gasteiger partial charge in [-0.3, -0.25) is 19.7 Å². The lowest BCUT2D eigenvalue weighted by Crippen LogP contribution is -2.47. The second-order valence-electron chi connectivity index (χ2n) is 7.39. The Balaban J connectivity index is 1.42. The first kappa shape index (κ1) is 16.2. The van der Waals surface area contributed by atoms with E-state index < -0.39 is 0 Å². The molecule has 0 aliphatic carbocycles. The van der Waals surface area contributed by atoms with Crippen molar-refractivity contribution < 1.29 is 4.79 Å². The Morgan fingerprint density at radius 3 is 2.64 bits per heavy atom. The highest BCUT2D eigenvalue weighted by atomic mass is 16.2. The molecule has 2 fully saturated rings. The van der Waals surface area contributed by atoms with Gasteiger partial charge in [0.2, 0.25) is 0 Å². The molecule has 5 nitrogen and oxygen atoms in total. The summed E-state index contributed by atoms with van der Waals surface area (Å²) in [5.74, 6) is 0.123. The minimum atomic E-state index is 0.123. The van der Waals surface area contributed by atoms with Gasteiger partial charge in [0, 0.05) is 56.4 Å². The van der Waals surface area contributed by atoms with Gasteiger partial charge in [-0.25, -0.2) is 0 Å². The number of hydrogen-bond acceptors (Lipinski definition) is 4. The van der Waals surface area contributed by atoms with E-state index in [-0.39, 0.29) is 11.3 Å². The molecule has 2 saturated heterocycles. The lowest BCUT2D eigenvalue weighted by atomic mass is 9.79. The Morgan fingerprint density at radius 1 is 1.04 bits per heavy atom. The Hall–Kier alpha value is -2.27. The van der Waals surface area contributed by atoms with Gasteiger partial charge in [0.05, 0.1) is 5.56 Å². The lowest BCUT2D eigenvalue weighted by molar-refractivity contribution is 0.0526. The normalized spacial score (nSPS) is 23.9. The molecule has 0 radical (unpaired) electrons. The van der Waals surface area contributed by atoms with Crippen LogP contribution in [0, 0.1) is 5.41 Å². The highest BCUT2D eigenvalue weighted by Crippen LogP contribution is 2.39. The third-order valence-corrected chi connectivity index (χ3v) is 5.50. The molecule has 2 aromatic rings. The van der Waals surface area contributed by atoms with Crippen molar-refractivity contribution in [2.45, 2.75) is 25.8 Å². The first-order valence-corrected chi connectivity index (χ1v) is 9.05. The fraction of sp³-hybridized carbons (Fsp3) is 0.450. The molecule has 4 rings (SSSR count). The standard InChI is InChI=1S/C20H24N4O/c25-19(18-5-2-9-22-13-18)24-10-3-6-20(16-24)7-11-23(15-20)14-17-4-1-8-21-12-17/h1-2,4-5,8-9,12-13H,3,6-7,10-11,14-16H2/t20-/m0/s1. The average molecular weight is 336 g/mol. The molecule has 2 aromatic heterocycles. The van der Waals surface area contributed by atoms with Crippen LogP contribution in [0.5, 0.6) is 0 Å². The molecule has 0 N–H and O–H groups in total. The summed E-state index contributed by atoms with van der Waals surface area (Å²) in [6.45, 7) is 4.84. The van der Waals surface area contributed by atoms with Crippen LogP contribution in [-0.4, -0.2) is 51.9 Å². The summed E-state index contributed by atoms with van der Waals surface area (Å²) in [4.78, 5) is 25.6. The van der Waals surface area contributed by atoms with E-state index in [9.17, 15) is 4.79 Å². The maximum Gasteiger partial charge on any atom is 0.255 e. The summed E-state index contributed by atoms with van der Waals surface area (Å²) in [5.41, 5.74) is 2.21. The fourth-order valence-corrected chi connectivity index (χ4v) is 4.30. The molecule has 2 aliphatic rings. The highest BCUT2D eigenvalue weighted by Gasteiger charge is 2.42. The van der Waals surface area contributed by atoms with E-state index in [1.807, 2.05) is 35.5 Å². The summed E-state index contributed by atoms with van der Waals surface area (Å²) in [7, 11) is 0. The zero-order chi connectivity index (χ0) is 17.1. The van der Waals surface area contributed by atoms with E-state index >= 15 is 0 Å². The number of hydrogen-bond donors (Lipinski definition) is 0. The van der Waals surface area contributed by atoms with E-state index in [1.165, 1.54) is 18.4 Å². The third kappa shape index (κ3) is 3.56. The number of likely N-dealkylation sites (tertiary alicyclic amines) is 2. The Kier molecular flexibility index (Phi) is 4.49. The lowest BCUT2D eigenvalue weighted by Gasteiger charge is -2.40. The number of rotatable bonds is 3. The third-order valence-electron chi connectivity index (χ3n) is 5.50. The number of piperidine rings is 1. The average Bonchev–Trinajstić information content (AvgIpc) is 3.04. The second-order valence-corrected chi connectivity index (χ2v) is 7.39. The molecule has 0 aromatic carbocycles. The van der Waals surface area contributed by atoms with E-state index in [0.717, 1.165) is 39.1 Å². The van der Waals surface area contributed by atoms with E-state index in [4.69, 9.17) is 0 Å². The molecule has 0 bridgehead atoms. The van der Waals surface area contributed by atoms with Crippen molar-refractivity contribution in [2.24, 2.45) is 5.41 Å². The zero-order valence-corrected chi connectivity index (χ0v) is 14.5. The predicted octanol–water partition coefficient (Wildman–Crippen LogP) is 2.60. The van der Waals surface area contributed by atoms with Crippen molar-refractivity contribution in [3.8, 4) is 0 Å². The van der Waals surface area contributed by atoms with Gasteiger partial charge in [-0.1, -0.05) is 6.07 Å². The molecular formula is C20H24N4O. The van der Waals surface area contributed by atoms with Crippen LogP contribution in [0.3, 0.4) is 0 Å². The van der Waals surface area contributed by atoms with Crippen LogP contribution in [0.15, 0.2) is 49.1 Å². The first-order chi connectivity index (χ1) is 12.2. The maximum atomic E-state index is 12.8. The number of carbonyl (C=O) groups is 1. The van der Waals surface area contributed by atoms with Crippen LogP contribution in [-0.2, 0) is 6.54 Å². The number of nitrogens with zero attached hydrogens (tertiary/aromatic N) is 4. The maximum absolute atomic E-state index is 12.8. The summed E-state index contributed by atoms with van der Waals surface area (Å²) >= 11 is 0. The largest absolute Gasteiger partial charge is 0.338 e. The van der Waals surface area contributed by atoms with Crippen molar-refractivity contribution in [1.82, 2.24) is 19.8 Å².